The second-order valence-electron chi connectivity index (χ2n) is 7.25. The molecule has 0 saturated carbocycles. The first kappa shape index (κ1) is 22.1. The molecule has 10 heteroatoms. The Morgan fingerprint density at radius 1 is 1.26 bits per heavy atom. The maximum Gasteiger partial charge on any atom is 0.229 e. The highest BCUT2D eigenvalue weighted by molar-refractivity contribution is 7.91. The molecule has 1 aliphatic heterocycles. The number of aromatic nitrogens is 1. The minimum Gasteiger partial charge on any atom is -0.376 e. The lowest BCUT2D eigenvalue weighted by molar-refractivity contribution is -0.118. The Hall–Kier alpha value is -2.07. The summed E-state index contributed by atoms with van der Waals surface area (Å²) in [6.07, 6.45) is 1.39. The van der Waals surface area contributed by atoms with Crippen LogP contribution in [0.4, 0.5) is 9.52 Å². The minimum atomic E-state index is -3.73. The number of hydrogen-bond donors (Lipinski definition) is 0. The van der Waals surface area contributed by atoms with Gasteiger partial charge in [-0.3, -0.25) is 9.69 Å². The fourth-order valence-electron chi connectivity index (χ4n) is 3.41. The molecular formula is C21H20ClFN2O4S2. The topological polar surface area (TPSA) is 76.6 Å². The van der Waals surface area contributed by atoms with Crippen molar-refractivity contribution < 1.29 is 22.3 Å². The van der Waals surface area contributed by atoms with Gasteiger partial charge in [-0.1, -0.05) is 29.0 Å². The number of rotatable bonds is 7. The highest BCUT2D eigenvalue weighted by Crippen LogP contribution is 2.33. The molecule has 1 aliphatic rings. The fourth-order valence-corrected chi connectivity index (χ4v) is 5.94. The third kappa shape index (κ3) is 5.06. The van der Waals surface area contributed by atoms with Crippen molar-refractivity contribution in [3.63, 3.8) is 0 Å². The molecule has 4 rings (SSSR count). The smallest absolute Gasteiger partial charge is 0.229 e. The number of nitrogens with zero attached hydrogens (tertiary/aromatic N) is 2. The monoisotopic (exact) mass is 482 g/mol. The average molecular weight is 483 g/mol. The molecule has 1 aromatic heterocycles. The van der Waals surface area contributed by atoms with Gasteiger partial charge in [-0.25, -0.2) is 17.8 Å². The molecule has 1 saturated heterocycles. The van der Waals surface area contributed by atoms with E-state index in [0.717, 1.165) is 29.7 Å². The Balaban J connectivity index is 1.56. The first-order valence-corrected chi connectivity index (χ1v) is 12.6. The molecule has 3 aromatic rings. The first-order valence-electron chi connectivity index (χ1n) is 9.79. The number of sulfone groups is 1. The summed E-state index contributed by atoms with van der Waals surface area (Å²) in [6.45, 7) is 0.935. The molecule has 0 N–H and O–H groups in total. The predicted octanol–water partition coefficient (Wildman–Crippen LogP) is 4.46. The molecule has 31 heavy (non-hydrogen) atoms. The third-order valence-electron chi connectivity index (χ3n) is 5.06. The van der Waals surface area contributed by atoms with Gasteiger partial charge in [0, 0.05) is 13.0 Å². The molecule has 0 spiro atoms. The van der Waals surface area contributed by atoms with Gasteiger partial charge in [-0.05, 0) is 49.2 Å². The molecule has 2 heterocycles. The SMILES string of the molecule is O=C(CCS(=O)(=O)c1ccc(F)cc1)N(CC1CCCO1)c1nc2c(Cl)cccc2s1. The van der Waals surface area contributed by atoms with Crippen LogP contribution in [-0.4, -0.2) is 44.3 Å². The van der Waals surface area contributed by atoms with Gasteiger partial charge in [0.1, 0.15) is 11.3 Å². The van der Waals surface area contributed by atoms with Gasteiger partial charge in [-0.15, -0.1) is 0 Å². The van der Waals surface area contributed by atoms with Gasteiger partial charge < -0.3 is 4.74 Å². The van der Waals surface area contributed by atoms with E-state index in [4.69, 9.17) is 16.3 Å². The van der Waals surface area contributed by atoms with Crippen molar-refractivity contribution in [2.45, 2.75) is 30.3 Å². The van der Waals surface area contributed by atoms with Gasteiger partial charge in [0.05, 0.1) is 33.0 Å². The van der Waals surface area contributed by atoms with Gasteiger partial charge in [0.15, 0.2) is 15.0 Å². The minimum absolute atomic E-state index is 0.0147. The number of hydrogen-bond acceptors (Lipinski definition) is 6. The molecule has 2 aromatic carbocycles. The molecule has 1 fully saturated rings. The third-order valence-corrected chi connectivity index (χ3v) is 8.14. The van der Waals surface area contributed by atoms with Crippen LogP contribution in [0, 0.1) is 5.82 Å². The summed E-state index contributed by atoms with van der Waals surface area (Å²) < 4.78 is 44.8. The Bertz CT molecular complexity index is 1190. The Labute approximate surface area is 188 Å². The highest BCUT2D eigenvalue weighted by atomic mass is 35.5. The lowest BCUT2D eigenvalue weighted by atomic mass is 10.2. The normalized spacial score (nSPS) is 16.6. The zero-order chi connectivity index (χ0) is 22.0. The van der Waals surface area contributed by atoms with E-state index >= 15 is 0 Å². The summed E-state index contributed by atoms with van der Waals surface area (Å²) in [5.74, 6) is -1.27. The van der Waals surface area contributed by atoms with Crippen molar-refractivity contribution in [1.82, 2.24) is 4.98 Å². The van der Waals surface area contributed by atoms with E-state index in [1.807, 2.05) is 12.1 Å². The molecular weight excluding hydrogens is 463 g/mol. The first-order chi connectivity index (χ1) is 14.8. The summed E-state index contributed by atoms with van der Waals surface area (Å²) in [5.41, 5.74) is 0.605. The number of ether oxygens (including phenoxy) is 1. The molecule has 6 nitrogen and oxygen atoms in total. The zero-order valence-electron chi connectivity index (χ0n) is 16.5. The van der Waals surface area contributed by atoms with Gasteiger partial charge in [0.25, 0.3) is 0 Å². The molecule has 0 radical (unpaired) electrons. The van der Waals surface area contributed by atoms with Crippen molar-refractivity contribution >= 4 is 54.0 Å². The number of thiazole rings is 1. The second-order valence-corrected chi connectivity index (χ2v) is 10.8. The number of carbonyl (C=O) groups is 1. The average Bonchev–Trinajstić information content (AvgIpc) is 3.41. The standard InChI is InChI=1S/C21H20ClFN2O4S2/c22-17-4-1-5-18-20(17)24-21(30-18)25(13-15-3-2-11-29-15)19(26)10-12-31(27,28)16-8-6-14(23)7-9-16/h1,4-9,15H,2-3,10-13H2. The lowest BCUT2D eigenvalue weighted by Gasteiger charge is -2.23. The summed E-state index contributed by atoms with van der Waals surface area (Å²) in [4.78, 5) is 19.1. The maximum absolute atomic E-state index is 13.1. The van der Waals surface area contributed by atoms with Crippen molar-refractivity contribution in [3.05, 3.63) is 53.3 Å². The molecule has 0 aliphatic carbocycles. The van der Waals surface area contributed by atoms with E-state index in [-0.39, 0.29) is 29.1 Å². The van der Waals surface area contributed by atoms with Gasteiger partial charge in [0.2, 0.25) is 5.91 Å². The number of para-hydroxylation sites is 1. The molecule has 1 unspecified atom stereocenters. The molecule has 1 atom stereocenters. The van der Waals surface area contributed by atoms with E-state index in [1.54, 1.807) is 6.07 Å². The highest BCUT2D eigenvalue weighted by Gasteiger charge is 2.28. The van der Waals surface area contributed by atoms with E-state index in [0.29, 0.717) is 28.8 Å². The number of amides is 1. The number of anilines is 1. The molecule has 164 valence electrons. The number of halogens is 2. The van der Waals surface area contributed by atoms with Crippen LogP contribution in [-0.2, 0) is 19.4 Å². The lowest BCUT2D eigenvalue weighted by Crippen LogP contribution is -2.38. The number of fused-ring (bicyclic) bond motifs is 1. The van der Waals surface area contributed by atoms with Crippen molar-refractivity contribution in [2.75, 3.05) is 23.8 Å². The maximum atomic E-state index is 13.1. The molecule has 0 bridgehead atoms. The Kier molecular flexibility index (Phi) is 6.57. The van der Waals surface area contributed by atoms with Crippen LogP contribution >= 0.6 is 22.9 Å². The van der Waals surface area contributed by atoms with Crippen LogP contribution in [0.5, 0.6) is 0 Å². The van der Waals surface area contributed by atoms with Crippen LogP contribution in [0.15, 0.2) is 47.4 Å². The number of benzene rings is 2. The number of carbonyl (C=O) groups excluding carboxylic acids is 1. The van der Waals surface area contributed by atoms with Crippen molar-refractivity contribution in [1.29, 1.82) is 0 Å². The van der Waals surface area contributed by atoms with E-state index < -0.39 is 15.7 Å². The Morgan fingerprint density at radius 3 is 2.71 bits per heavy atom. The van der Waals surface area contributed by atoms with Crippen LogP contribution in [0.3, 0.4) is 0 Å². The zero-order valence-corrected chi connectivity index (χ0v) is 18.9. The summed E-state index contributed by atoms with van der Waals surface area (Å²) >= 11 is 7.56. The summed E-state index contributed by atoms with van der Waals surface area (Å²) in [5, 5.41) is 0.950. The summed E-state index contributed by atoms with van der Waals surface area (Å²) in [7, 11) is -3.73. The van der Waals surface area contributed by atoms with Gasteiger partial charge >= 0.3 is 0 Å². The largest absolute Gasteiger partial charge is 0.376 e. The van der Waals surface area contributed by atoms with E-state index in [1.165, 1.54) is 28.4 Å². The van der Waals surface area contributed by atoms with Crippen LogP contribution in [0.25, 0.3) is 10.2 Å². The van der Waals surface area contributed by atoms with Gasteiger partial charge in [-0.2, -0.15) is 0 Å². The van der Waals surface area contributed by atoms with Crippen LogP contribution < -0.4 is 4.90 Å². The quantitative estimate of drug-likeness (QED) is 0.464. The van der Waals surface area contributed by atoms with E-state index in [9.17, 15) is 17.6 Å². The Morgan fingerprint density at radius 2 is 2.03 bits per heavy atom. The van der Waals surface area contributed by atoms with Crippen LogP contribution in [0.1, 0.15) is 19.3 Å². The molecule has 1 amide bonds. The van der Waals surface area contributed by atoms with Crippen LogP contribution in [0.2, 0.25) is 5.02 Å². The second kappa shape index (κ2) is 9.20. The van der Waals surface area contributed by atoms with Crippen molar-refractivity contribution in [3.8, 4) is 0 Å². The van der Waals surface area contributed by atoms with E-state index in [2.05, 4.69) is 4.98 Å². The fraction of sp³-hybridized carbons (Fsp3) is 0.333. The van der Waals surface area contributed by atoms with Crippen molar-refractivity contribution in [2.24, 2.45) is 0 Å². The predicted molar refractivity (Wildman–Crippen MR) is 119 cm³/mol. The summed E-state index contributed by atoms with van der Waals surface area (Å²) in [6, 6.07) is 10.00.